The minimum absolute atomic E-state index is 0.0389. The Labute approximate surface area is 264 Å². The molecule has 3 aromatic rings. The Morgan fingerprint density at radius 2 is 1.89 bits per heavy atom. The molecule has 3 aliphatic heterocycles. The molecule has 234 valence electrons. The lowest BCUT2D eigenvalue weighted by atomic mass is 10.0. The number of methoxy groups -OCH3 is 1. The molecule has 2 aromatic carbocycles. The maximum Gasteiger partial charge on any atom is 0.247 e. The van der Waals surface area contributed by atoms with E-state index >= 15 is 0 Å². The summed E-state index contributed by atoms with van der Waals surface area (Å²) in [6.07, 6.45) is 11.3. The second kappa shape index (κ2) is 14.0. The molecule has 11 nitrogen and oxygen atoms in total. The molecule has 0 saturated carbocycles. The number of carbonyl (C=O) groups is 1. The fraction of sp³-hybridized carbons (Fsp3) is 0.382. The van der Waals surface area contributed by atoms with Crippen molar-refractivity contribution in [3.63, 3.8) is 0 Å². The second-order valence-corrected chi connectivity index (χ2v) is 11.2. The zero-order valence-corrected chi connectivity index (χ0v) is 25.6. The van der Waals surface area contributed by atoms with Crippen molar-refractivity contribution in [2.24, 2.45) is 0 Å². The number of amides is 1. The van der Waals surface area contributed by atoms with Gasteiger partial charge in [0.1, 0.15) is 17.9 Å². The van der Waals surface area contributed by atoms with Crippen LogP contribution >= 0.6 is 0 Å². The summed E-state index contributed by atoms with van der Waals surface area (Å²) in [7, 11) is 1.63. The van der Waals surface area contributed by atoms with Gasteiger partial charge in [0.05, 0.1) is 50.0 Å². The van der Waals surface area contributed by atoms with Crippen LogP contribution in [0.1, 0.15) is 36.4 Å². The van der Waals surface area contributed by atoms with Gasteiger partial charge in [-0.2, -0.15) is 0 Å². The summed E-state index contributed by atoms with van der Waals surface area (Å²) >= 11 is 0. The van der Waals surface area contributed by atoms with Gasteiger partial charge >= 0.3 is 0 Å². The predicted octanol–water partition coefficient (Wildman–Crippen LogP) is 4.52. The van der Waals surface area contributed by atoms with E-state index in [1.54, 1.807) is 12.2 Å². The van der Waals surface area contributed by atoms with E-state index < -0.39 is 0 Å². The number of nitrogens with zero attached hydrogens (tertiary/aromatic N) is 5. The zero-order chi connectivity index (χ0) is 31.2. The van der Waals surface area contributed by atoms with Crippen molar-refractivity contribution in [1.82, 2.24) is 14.9 Å². The lowest BCUT2D eigenvalue weighted by Gasteiger charge is -2.41. The van der Waals surface area contributed by atoms with Gasteiger partial charge in [0.15, 0.2) is 5.82 Å². The molecular weight excluding hydrogens is 570 g/mol. The molecule has 3 fully saturated rings. The van der Waals surface area contributed by atoms with E-state index in [9.17, 15) is 4.79 Å². The molecule has 4 heterocycles. The summed E-state index contributed by atoms with van der Waals surface area (Å²) in [4.78, 5) is 32.3. The van der Waals surface area contributed by atoms with Gasteiger partial charge in [-0.15, -0.1) is 6.42 Å². The first-order valence-corrected chi connectivity index (χ1v) is 15.4. The number of carbonyl (C=O) groups excluding carboxylic acids is 1. The first-order valence-electron chi connectivity index (χ1n) is 15.4. The lowest BCUT2D eigenvalue weighted by Crippen LogP contribution is -2.49. The topological polar surface area (TPSA) is 104 Å². The van der Waals surface area contributed by atoms with Gasteiger partial charge < -0.3 is 25.0 Å². The summed E-state index contributed by atoms with van der Waals surface area (Å²) < 4.78 is 11.4. The fourth-order valence-electron chi connectivity index (χ4n) is 6.30. The first kappa shape index (κ1) is 30.4. The summed E-state index contributed by atoms with van der Waals surface area (Å²) in [6.45, 7) is 9.49. The van der Waals surface area contributed by atoms with E-state index in [-0.39, 0.29) is 11.9 Å². The molecule has 1 unspecified atom stereocenters. The predicted molar refractivity (Wildman–Crippen MR) is 175 cm³/mol. The standard InChI is InChI=1S/C34H39N7O4/c1-4-24-7-6-8-25(19-24)29-11-16-45-41(29)33-22-32(35-23-36-33)37-28-20-27(38-34(42)5-2)30(21-31(28)43-3)40-12-9-26(10-13-40)39-14-17-44-18-15-39/h1,5-8,19-23,26,29H,2,9-18H2,3H3,(H,38,42)(H,35,36,37). The maximum absolute atomic E-state index is 12.5. The third kappa shape index (κ3) is 6.88. The average Bonchev–Trinajstić information content (AvgIpc) is 3.59. The molecule has 3 saturated heterocycles. The number of piperidine rings is 1. The van der Waals surface area contributed by atoms with E-state index in [4.69, 9.17) is 20.7 Å². The fourth-order valence-corrected chi connectivity index (χ4v) is 6.30. The number of morpholine rings is 1. The van der Waals surface area contributed by atoms with Crippen LogP contribution in [0.5, 0.6) is 5.75 Å². The van der Waals surface area contributed by atoms with E-state index in [0.717, 1.165) is 75.5 Å². The highest BCUT2D eigenvalue weighted by Gasteiger charge is 2.30. The van der Waals surface area contributed by atoms with Crippen LogP contribution in [0.2, 0.25) is 0 Å². The van der Waals surface area contributed by atoms with Crippen LogP contribution in [0.3, 0.4) is 0 Å². The van der Waals surface area contributed by atoms with Crippen molar-refractivity contribution in [3.05, 3.63) is 72.6 Å². The molecule has 0 aliphatic carbocycles. The Morgan fingerprint density at radius 3 is 2.64 bits per heavy atom. The molecule has 1 atom stereocenters. The molecule has 2 N–H and O–H groups in total. The van der Waals surface area contributed by atoms with Crippen LogP contribution in [0.25, 0.3) is 0 Å². The summed E-state index contributed by atoms with van der Waals surface area (Å²) in [5.41, 5.74) is 4.09. The number of benzene rings is 2. The van der Waals surface area contributed by atoms with Gasteiger partial charge in [-0.25, -0.2) is 15.0 Å². The molecule has 0 spiro atoms. The Morgan fingerprint density at radius 1 is 1.07 bits per heavy atom. The lowest BCUT2D eigenvalue weighted by molar-refractivity contribution is -0.111. The van der Waals surface area contributed by atoms with Crippen LogP contribution in [0, 0.1) is 12.3 Å². The highest BCUT2D eigenvalue weighted by atomic mass is 16.7. The number of hydrogen-bond acceptors (Lipinski definition) is 10. The van der Waals surface area contributed by atoms with Crippen molar-refractivity contribution in [1.29, 1.82) is 0 Å². The van der Waals surface area contributed by atoms with Gasteiger partial charge in [-0.3, -0.25) is 14.5 Å². The van der Waals surface area contributed by atoms with Crippen molar-refractivity contribution in [2.75, 3.05) is 73.7 Å². The van der Waals surface area contributed by atoms with Gasteiger partial charge in [0, 0.05) is 56.3 Å². The third-order valence-corrected chi connectivity index (χ3v) is 8.61. The van der Waals surface area contributed by atoms with Crippen LogP contribution in [-0.2, 0) is 14.4 Å². The smallest absolute Gasteiger partial charge is 0.247 e. The van der Waals surface area contributed by atoms with Crippen molar-refractivity contribution in [3.8, 4) is 18.1 Å². The van der Waals surface area contributed by atoms with Crippen LogP contribution < -0.4 is 25.3 Å². The van der Waals surface area contributed by atoms with E-state index in [1.807, 2.05) is 42.5 Å². The van der Waals surface area contributed by atoms with Gasteiger partial charge in [-0.05, 0) is 42.7 Å². The number of nitrogens with one attached hydrogen (secondary N) is 2. The molecule has 6 rings (SSSR count). The van der Waals surface area contributed by atoms with Crippen LogP contribution in [0.4, 0.5) is 28.7 Å². The van der Waals surface area contributed by atoms with Gasteiger partial charge in [-0.1, -0.05) is 24.6 Å². The normalized spacial score (nSPS) is 19.2. The summed E-state index contributed by atoms with van der Waals surface area (Å²) in [6, 6.07) is 14.1. The van der Waals surface area contributed by atoms with Gasteiger partial charge in [0.25, 0.3) is 0 Å². The first-order chi connectivity index (χ1) is 22.1. The Bertz CT molecular complexity index is 1560. The Hall–Kier alpha value is -4.63. The Balaban J connectivity index is 1.24. The van der Waals surface area contributed by atoms with E-state index in [1.165, 1.54) is 12.4 Å². The largest absolute Gasteiger partial charge is 0.494 e. The molecule has 1 amide bonds. The van der Waals surface area contributed by atoms with Crippen LogP contribution in [0.15, 0.2) is 61.4 Å². The molecule has 1 aromatic heterocycles. The second-order valence-electron chi connectivity index (χ2n) is 11.2. The SMILES string of the molecule is C#Cc1cccc(C2CCON2c2cc(Nc3cc(NC(=O)C=C)c(N4CCC(N5CCOCC5)CC4)cc3OC)ncn2)c1. The third-order valence-electron chi connectivity index (χ3n) is 8.61. The molecule has 0 bridgehead atoms. The summed E-state index contributed by atoms with van der Waals surface area (Å²) in [5.74, 6) is 4.20. The molecule has 3 aliphatic rings. The number of terminal acetylenes is 1. The zero-order valence-electron chi connectivity index (χ0n) is 25.6. The van der Waals surface area contributed by atoms with Crippen molar-refractivity contribution >= 4 is 34.6 Å². The number of anilines is 5. The van der Waals surface area contributed by atoms with Gasteiger partial charge in [0.2, 0.25) is 5.91 Å². The minimum atomic E-state index is -0.286. The molecular formula is C34H39N7O4. The number of hydroxylamine groups is 1. The minimum Gasteiger partial charge on any atom is -0.494 e. The number of hydrogen-bond donors (Lipinski definition) is 2. The summed E-state index contributed by atoms with van der Waals surface area (Å²) in [5, 5.41) is 8.18. The number of rotatable bonds is 9. The molecule has 11 heteroatoms. The highest BCUT2D eigenvalue weighted by Crippen LogP contribution is 2.40. The van der Waals surface area contributed by atoms with Crippen molar-refractivity contribution < 1.29 is 19.1 Å². The maximum atomic E-state index is 12.5. The highest BCUT2D eigenvalue weighted by molar-refractivity contribution is 6.02. The molecule has 45 heavy (non-hydrogen) atoms. The quantitative estimate of drug-likeness (QED) is 0.266. The number of ether oxygens (including phenoxy) is 2. The Kier molecular flexibility index (Phi) is 9.45. The number of aromatic nitrogens is 2. The van der Waals surface area contributed by atoms with E-state index in [0.29, 0.717) is 41.4 Å². The van der Waals surface area contributed by atoms with Crippen molar-refractivity contribution in [2.45, 2.75) is 31.3 Å². The van der Waals surface area contributed by atoms with E-state index in [2.05, 4.69) is 42.9 Å². The monoisotopic (exact) mass is 609 g/mol. The van der Waals surface area contributed by atoms with Crippen LogP contribution in [-0.4, -0.2) is 79.9 Å². The molecule has 0 radical (unpaired) electrons. The average molecular weight is 610 g/mol.